The van der Waals surface area contributed by atoms with Crippen LogP contribution in [0.1, 0.15) is 0 Å². The molecule has 0 saturated carbocycles. The topological polar surface area (TPSA) is 25.8 Å². The van der Waals surface area contributed by atoms with Crippen LogP contribution in [0.4, 0.5) is 4.39 Å². The van der Waals surface area contributed by atoms with Crippen molar-refractivity contribution < 1.29 is 4.39 Å². The smallest absolute Gasteiger partial charge is 0.161 e. The molecule has 0 saturated heterocycles. The summed E-state index contributed by atoms with van der Waals surface area (Å²) >= 11 is 3.35. The SMILES string of the molecule is Fc1ccc2c(c1)sc1nc(-c3cc(-c4ccccc4)cc(-c4cccc5ccccc45)c3)nc(-c3ccc4sc5c6ccccc6ccc5c4c3)c12. The molecule has 0 unspecified atom stereocenters. The molecule has 2 nitrogen and oxygen atoms in total. The zero-order chi connectivity index (χ0) is 35.0. The molecule has 248 valence electrons. The summed E-state index contributed by atoms with van der Waals surface area (Å²) in [5.74, 6) is 0.382. The van der Waals surface area contributed by atoms with Crippen molar-refractivity contribution in [3.63, 3.8) is 0 Å². The molecule has 0 fully saturated rings. The number of rotatable bonds is 4. The van der Waals surface area contributed by atoms with Crippen LogP contribution in [0, 0.1) is 5.82 Å². The molecular formula is C48H27FN2S2. The van der Waals surface area contributed by atoms with Crippen LogP contribution in [0.3, 0.4) is 0 Å². The first kappa shape index (κ1) is 30.4. The van der Waals surface area contributed by atoms with Gasteiger partial charge in [0.15, 0.2) is 5.82 Å². The van der Waals surface area contributed by atoms with Gasteiger partial charge in [-0.25, -0.2) is 14.4 Å². The molecule has 0 aliphatic heterocycles. The van der Waals surface area contributed by atoms with Crippen LogP contribution >= 0.6 is 22.7 Å². The normalized spacial score (nSPS) is 11.9. The number of benzene rings is 8. The van der Waals surface area contributed by atoms with Crippen molar-refractivity contribution in [1.82, 2.24) is 9.97 Å². The second-order valence-corrected chi connectivity index (χ2v) is 15.6. The highest BCUT2D eigenvalue weighted by Crippen LogP contribution is 2.44. The van der Waals surface area contributed by atoms with Gasteiger partial charge in [0, 0.05) is 46.8 Å². The number of hydrogen-bond acceptors (Lipinski definition) is 4. The predicted molar refractivity (Wildman–Crippen MR) is 225 cm³/mol. The summed E-state index contributed by atoms with van der Waals surface area (Å²) in [4.78, 5) is 11.5. The number of hydrogen-bond donors (Lipinski definition) is 0. The Balaban J connectivity index is 1.18. The summed E-state index contributed by atoms with van der Waals surface area (Å²) in [5.41, 5.74) is 7.25. The van der Waals surface area contributed by atoms with Crippen LogP contribution < -0.4 is 0 Å². The van der Waals surface area contributed by atoms with Gasteiger partial charge in [0.2, 0.25) is 0 Å². The Morgan fingerprint density at radius 1 is 0.415 bits per heavy atom. The number of nitrogens with zero attached hydrogens (tertiary/aromatic N) is 2. The Bertz CT molecular complexity index is 3250. The Morgan fingerprint density at radius 2 is 1.15 bits per heavy atom. The van der Waals surface area contributed by atoms with Crippen molar-refractivity contribution in [1.29, 1.82) is 0 Å². The Kier molecular flexibility index (Phi) is 6.81. The molecule has 0 bridgehead atoms. The molecule has 5 heteroatoms. The summed E-state index contributed by atoms with van der Waals surface area (Å²) in [6.45, 7) is 0. The van der Waals surface area contributed by atoms with Crippen molar-refractivity contribution in [2.24, 2.45) is 0 Å². The lowest BCUT2D eigenvalue weighted by atomic mass is 9.93. The van der Waals surface area contributed by atoms with Gasteiger partial charge in [-0.3, -0.25) is 0 Å². The maximum absolute atomic E-state index is 14.6. The van der Waals surface area contributed by atoms with Crippen LogP contribution in [0.15, 0.2) is 164 Å². The molecule has 0 aliphatic carbocycles. The molecule has 8 aromatic carbocycles. The average Bonchev–Trinajstić information content (AvgIpc) is 3.78. The first-order valence-electron chi connectivity index (χ1n) is 17.6. The van der Waals surface area contributed by atoms with E-state index < -0.39 is 0 Å². The van der Waals surface area contributed by atoms with Crippen molar-refractivity contribution in [2.75, 3.05) is 0 Å². The quantitative estimate of drug-likeness (QED) is 0.181. The molecule has 11 rings (SSSR count). The number of halogens is 1. The van der Waals surface area contributed by atoms with Crippen molar-refractivity contribution >= 4 is 84.7 Å². The van der Waals surface area contributed by atoms with E-state index >= 15 is 0 Å². The molecule has 0 amide bonds. The Hall–Kier alpha value is -6.27. The van der Waals surface area contributed by atoms with Gasteiger partial charge >= 0.3 is 0 Å². The molecule has 3 heterocycles. The van der Waals surface area contributed by atoms with Crippen LogP contribution in [0.25, 0.3) is 107 Å². The third-order valence-electron chi connectivity index (χ3n) is 10.3. The monoisotopic (exact) mass is 714 g/mol. The molecular weight excluding hydrogens is 688 g/mol. The van der Waals surface area contributed by atoms with Gasteiger partial charge in [-0.1, -0.05) is 115 Å². The van der Waals surface area contributed by atoms with Gasteiger partial charge in [-0.05, 0) is 92.3 Å². The molecule has 0 N–H and O–H groups in total. The van der Waals surface area contributed by atoms with Crippen molar-refractivity contribution in [3.8, 4) is 44.9 Å². The summed E-state index contributed by atoms with van der Waals surface area (Å²) in [5, 5.41) is 9.25. The second-order valence-electron chi connectivity index (χ2n) is 13.5. The Labute approximate surface area is 312 Å². The molecule has 0 aliphatic rings. The van der Waals surface area contributed by atoms with Gasteiger partial charge in [-0.15, -0.1) is 22.7 Å². The minimum absolute atomic E-state index is 0.257. The average molecular weight is 715 g/mol. The van der Waals surface area contributed by atoms with Gasteiger partial charge < -0.3 is 0 Å². The fraction of sp³-hybridized carbons (Fsp3) is 0. The van der Waals surface area contributed by atoms with E-state index in [9.17, 15) is 4.39 Å². The van der Waals surface area contributed by atoms with E-state index in [1.54, 1.807) is 6.07 Å². The third-order valence-corrected chi connectivity index (χ3v) is 12.6. The minimum atomic E-state index is -0.257. The fourth-order valence-electron chi connectivity index (χ4n) is 7.82. The number of thiophene rings is 2. The van der Waals surface area contributed by atoms with E-state index in [0.717, 1.165) is 59.4 Å². The molecule has 53 heavy (non-hydrogen) atoms. The summed E-state index contributed by atoms with van der Waals surface area (Å²) < 4.78 is 18.0. The van der Waals surface area contributed by atoms with Crippen LogP contribution in [-0.2, 0) is 0 Å². The fourth-order valence-corrected chi connectivity index (χ4v) is 10.1. The zero-order valence-corrected chi connectivity index (χ0v) is 29.8. The van der Waals surface area contributed by atoms with E-state index in [-0.39, 0.29) is 5.82 Å². The molecule has 3 aromatic heterocycles. The summed E-state index contributed by atoms with van der Waals surface area (Å²) in [7, 11) is 0. The summed E-state index contributed by atoms with van der Waals surface area (Å²) in [6, 6.07) is 56.9. The highest BCUT2D eigenvalue weighted by atomic mass is 32.1. The third kappa shape index (κ3) is 4.96. The predicted octanol–water partition coefficient (Wildman–Crippen LogP) is 14.3. The van der Waals surface area contributed by atoms with Crippen LogP contribution in [-0.4, -0.2) is 9.97 Å². The van der Waals surface area contributed by atoms with E-state index in [2.05, 4.69) is 140 Å². The van der Waals surface area contributed by atoms with Gasteiger partial charge in [0.1, 0.15) is 10.6 Å². The first-order chi connectivity index (χ1) is 26.1. The highest BCUT2D eigenvalue weighted by molar-refractivity contribution is 7.26. The Morgan fingerprint density at radius 3 is 2.04 bits per heavy atom. The maximum atomic E-state index is 14.6. The second kappa shape index (κ2) is 11.9. The number of fused-ring (bicyclic) bond motifs is 9. The van der Waals surface area contributed by atoms with Crippen LogP contribution in [0.5, 0.6) is 0 Å². The lowest BCUT2D eigenvalue weighted by Crippen LogP contribution is -1.95. The van der Waals surface area contributed by atoms with Crippen LogP contribution in [0.2, 0.25) is 0 Å². The zero-order valence-electron chi connectivity index (χ0n) is 28.2. The molecule has 0 radical (unpaired) electrons. The molecule has 0 atom stereocenters. The standard InChI is InChI=1S/C48H27FN2S2/c49-35-19-21-40-43(27-35)53-48-44(40)45(31-18-22-42-41(26-31)39-20-17-30-12-5-7-15-38(30)46(39)52-42)50-47(51-48)34-24-32(28-9-2-1-3-10-28)23-33(25-34)37-16-8-13-29-11-4-6-14-36(29)37/h1-27H. The maximum Gasteiger partial charge on any atom is 0.161 e. The van der Waals surface area contributed by atoms with Gasteiger partial charge in [0.05, 0.1) is 5.69 Å². The summed E-state index contributed by atoms with van der Waals surface area (Å²) in [6.07, 6.45) is 0. The largest absolute Gasteiger partial charge is 0.227 e. The van der Waals surface area contributed by atoms with Gasteiger partial charge in [0.25, 0.3) is 0 Å². The lowest BCUT2D eigenvalue weighted by Gasteiger charge is -2.13. The van der Waals surface area contributed by atoms with E-state index in [1.807, 2.05) is 23.5 Å². The number of aromatic nitrogens is 2. The minimum Gasteiger partial charge on any atom is -0.227 e. The highest BCUT2D eigenvalue weighted by Gasteiger charge is 2.20. The van der Waals surface area contributed by atoms with Gasteiger partial charge in [-0.2, -0.15) is 0 Å². The van der Waals surface area contributed by atoms with E-state index in [0.29, 0.717) is 5.82 Å². The van der Waals surface area contributed by atoms with Crippen molar-refractivity contribution in [2.45, 2.75) is 0 Å². The van der Waals surface area contributed by atoms with Crippen molar-refractivity contribution in [3.05, 3.63) is 170 Å². The van der Waals surface area contributed by atoms with E-state index in [1.165, 1.54) is 59.1 Å². The molecule has 0 spiro atoms. The van der Waals surface area contributed by atoms with E-state index in [4.69, 9.17) is 9.97 Å². The molecule has 11 aromatic rings. The lowest BCUT2D eigenvalue weighted by molar-refractivity contribution is 0.630. The first-order valence-corrected chi connectivity index (χ1v) is 19.2.